The smallest absolute Gasteiger partial charge is 0.414 e. The van der Waals surface area contributed by atoms with Crippen LogP contribution in [0.5, 0.6) is 0 Å². The second-order valence-corrected chi connectivity index (χ2v) is 6.17. The molecule has 0 saturated heterocycles. The van der Waals surface area contributed by atoms with Crippen molar-refractivity contribution in [1.82, 2.24) is 4.90 Å². The Hall–Kier alpha value is -1.81. The van der Waals surface area contributed by atoms with Crippen LogP contribution in [-0.4, -0.2) is 23.1 Å². The van der Waals surface area contributed by atoms with E-state index in [0.29, 0.717) is 13.2 Å². The number of ether oxygens (including phenoxy) is 2. The molecule has 3 rings (SSSR count). The summed E-state index contributed by atoms with van der Waals surface area (Å²) in [4.78, 5) is 13.8. The maximum absolute atomic E-state index is 12.2. The Labute approximate surface area is 119 Å². The molecule has 0 aliphatic carbocycles. The van der Waals surface area contributed by atoms with Gasteiger partial charge in [-0.25, -0.2) is 4.79 Å². The van der Waals surface area contributed by atoms with Crippen molar-refractivity contribution in [1.29, 1.82) is 0 Å². The molecule has 0 aromatic heterocycles. The van der Waals surface area contributed by atoms with Gasteiger partial charge < -0.3 is 9.47 Å². The molecule has 4 nitrogen and oxygen atoms in total. The van der Waals surface area contributed by atoms with Gasteiger partial charge in [-0.2, -0.15) is 0 Å². The van der Waals surface area contributed by atoms with Crippen molar-refractivity contribution in [2.45, 2.75) is 39.1 Å². The molecular weight excluding hydrogens is 254 g/mol. The highest BCUT2D eigenvalue weighted by Gasteiger charge is 2.31. The Kier molecular flexibility index (Phi) is 3.05. The summed E-state index contributed by atoms with van der Waals surface area (Å²) in [6.07, 6.45) is 3.34. The molecule has 1 unspecified atom stereocenters. The first kappa shape index (κ1) is 13.2. The first-order valence-electron chi connectivity index (χ1n) is 6.85. The summed E-state index contributed by atoms with van der Waals surface area (Å²) >= 11 is 0. The molecule has 2 aliphatic heterocycles. The van der Waals surface area contributed by atoms with Crippen LogP contribution in [-0.2, 0) is 16.1 Å². The van der Waals surface area contributed by atoms with Gasteiger partial charge in [0.15, 0.2) is 0 Å². The maximum atomic E-state index is 12.2. The van der Waals surface area contributed by atoms with Gasteiger partial charge in [-0.15, -0.1) is 0 Å². The van der Waals surface area contributed by atoms with Gasteiger partial charge in [0.1, 0.15) is 11.7 Å². The molecule has 2 heterocycles. The lowest BCUT2D eigenvalue weighted by Gasteiger charge is -2.26. The summed E-state index contributed by atoms with van der Waals surface area (Å²) in [5, 5.41) is 0. The van der Waals surface area contributed by atoms with E-state index in [-0.39, 0.29) is 12.2 Å². The number of benzene rings is 1. The van der Waals surface area contributed by atoms with Crippen molar-refractivity contribution in [3.8, 4) is 0 Å². The molecule has 106 valence electrons. The van der Waals surface area contributed by atoms with Crippen LogP contribution in [0.25, 0.3) is 6.08 Å². The highest BCUT2D eigenvalue weighted by molar-refractivity contribution is 5.72. The van der Waals surface area contributed by atoms with E-state index in [1.807, 2.05) is 32.9 Å². The van der Waals surface area contributed by atoms with Crippen LogP contribution in [0.1, 0.15) is 43.6 Å². The van der Waals surface area contributed by atoms with Crippen LogP contribution in [0.2, 0.25) is 0 Å². The Morgan fingerprint density at radius 3 is 2.95 bits per heavy atom. The zero-order chi connectivity index (χ0) is 14.3. The van der Waals surface area contributed by atoms with Crippen LogP contribution < -0.4 is 0 Å². The van der Waals surface area contributed by atoms with Gasteiger partial charge in [0.05, 0.1) is 13.2 Å². The van der Waals surface area contributed by atoms with Crippen LogP contribution in [0.15, 0.2) is 24.4 Å². The third-order valence-electron chi connectivity index (χ3n) is 3.42. The van der Waals surface area contributed by atoms with Crippen molar-refractivity contribution in [2.75, 3.05) is 6.54 Å². The molecule has 0 spiro atoms. The number of carbonyl (C=O) groups excluding carboxylic acids is 1. The molecule has 0 bridgehead atoms. The fourth-order valence-electron chi connectivity index (χ4n) is 2.58. The number of hydrogen-bond acceptors (Lipinski definition) is 3. The Bertz CT molecular complexity index is 572. The third kappa shape index (κ3) is 2.43. The van der Waals surface area contributed by atoms with E-state index >= 15 is 0 Å². The largest absolute Gasteiger partial charge is 0.443 e. The summed E-state index contributed by atoms with van der Waals surface area (Å²) in [7, 11) is 0. The molecular formula is C16H19NO3. The van der Waals surface area contributed by atoms with E-state index in [1.165, 1.54) is 11.1 Å². The molecule has 0 radical (unpaired) electrons. The average molecular weight is 273 g/mol. The molecule has 0 fully saturated rings. The minimum absolute atomic E-state index is 0.0660. The first-order valence-corrected chi connectivity index (χ1v) is 6.85. The monoisotopic (exact) mass is 273 g/mol. The van der Waals surface area contributed by atoms with E-state index in [4.69, 9.17) is 9.47 Å². The van der Waals surface area contributed by atoms with Gasteiger partial charge in [-0.1, -0.05) is 18.2 Å². The number of rotatable bonds is 0. The Morgan fingerprint density at radius 2 is 2.20 bits per heavy atom. The van der Waals surface area contributed by atoms with E-state index in [9.17, 15) is 4.79 Å². The maximum Gasteiger partial charge on any atom is 0.414 e. The second-order valence-electron chi connectivity index (χ2n) is 6.17. The summed E-state index contributed by atoms with van der Waals surface area (Å²) < 4.78 is 11.2. The van der Waals surface area contributed by atoms with Crippen LogP contribution in [0.4, 0.5) is 4.79 Å². The fourth-order valence-corrected chi connectivity index (χ4v) is 2.58. The van der Waals surface area contributed by atoms with Gasteiger partial charge in [0.2, 0.25) is 0 Å². The molecule has 0 saturated carbocycles. The molecule has 1 amide bonds. The van der Waals surface area contributed by atoms with Crippen LogP contribution in [0.3, 0.4) is 0 Å². The normalized spacial score (nSPS) is 20.6. The summed E-state index contributed by atoms with van der Waals surface area (Å²) in [6.45, 7) is 6.71. The second kappa shape index (κ2) is 4.63. The van der Waals surface area contributed by atoms with E-state index in [2.05, 4.69) is 12.1 Å². The molecule has 4 heteroatoms. The van der Waals surface area contributed by atoms with Crippen molar-refractivity contribution in [3.63, 3.8) is 0 Å². The predicted molar refractivity (Wildman–Crippen MR) is 75.9 cm³/mol. The predicted octanol–water partition coefficient (Wildman–Crippen LogP) is 3.48. The number of hydrogen-bond donors (Lipinski definition) is 0. The quantitative estimate of drug-likeness (QED) is 0.726. The summed E-state index contributed by atoms with van der Waals surface area (Å²) in [5.41, 5.74) is 3.04. The highest BCUT2D eigenvalue weighted by atomic mass is 16.6. The van der Waals surface area contributed by atoms with Gasteiger partial charge in [-0.3, -0.25) is 4.90 Å². The third-order valence-corrected chi connectivity index (χ3v) is 3.42. The minimum atomic E-state index is -0.494. The molecule has 1 aromatic rings. The lowest BCUT2D eigenvalue weighted by Crippen LogP contribution is -2.35. The molecule has 2 aliphatic rings. The zero-order valence-corrected chi connectivity index (χ0v) is 12.1. The Morgan fingerprint density at radius 1 is 1.40 bits per heavy atom. The van der Waals surface area contributed by atoms with Gasteiger partial charge in [0.25, 0.3) is 0 Å². The van der Waals surface area contributed by atoms with E-state index in [1.54, 1.807) is 11.1 Å². The van der Waals surface area contributed by atoms with Crippen molar-refractivity contribution in [3.05, 3.63) is 41.1 Å². The van der Waals surface area contributed by atoms with Gasteiger partial charge in [0, 0.05) is 6.20 Å². The molecule has 1 aromatic carbocycles. The van der Waals surface area contributed by atoms with Crippen molar-refractivity contribution < 1.29 is 14.3 Å². The van der Waals surface area contributed by atoms with Crippen LogP contribution in [0, 0.1) is 0 Å². The number of carbonyl (C=O) groups is 1. The van der Waals surface area contributed by atoms with Gasteiger partial charge >= 0.3 is 6.09 Å². The fraction of sp³-hybridized carbons (Fsp3) is 0.438. The SMILES string of the molecule is CC(C)(C)OC(=O)N1C=Cc2cccc3c2C(C1)OC3. The average Bonchev–Trinajstić information content (AvgIpc) is 2.65. The van der Waals surface area contributed by atoms with Crippen molar-refractivity contribution >= 4 is 12.2 Å². The lowest BCUT2D eigenvalue weighted by molar-refractivity contribution is 0.0129. The molecule has 0 N–H and O–H groups in total. The van der Waals surface area contributed by atoms with E-state index < -0.39 is 5.60 Å². The first-order chi connectivity index (χ1) is 9.44. The Balaban J connectivity index is 1.86. The minimum Gasteiger partial charge on any atom is -0.443 e. The number of amides is 1. The topological polar surface area (TPSA) is 38.8 Å². The lowest BCUT2D eigenvalue weighted by atomic mass is 9.99. The molecule has 20 heavy (non-hydrogen) atoms. The summed E-state index contributed by atoms with van der Waals surface area (Å²) in [6, 6.07) is 6.15. The zero-order valence-electron chi connectivity index (χ0n) is 12.1. The van der Waals surface area contributed by atoms with Crippen molar-refractivity contribution in [2.24, 2.45) is 0 Å². The van der Waals surface area contributed by atoms with E-state index in [0.717, 1.165) is 5.56 Å². The van der Waals surface area contributed by atoms with Crippen LogP contribution >= 0.6 is 0 Å². The number of nitrogens with zero attached hydrogens (tertiary/aromatic N) is 1. The standard InChI is InChI=1S/C16H19NO3/c1-16(2,3)20-15(18)17-8-7-11-5-4-6-12-10-19-13(9-17)14(11)12/h4-8,13H,9-10H2,1-3H3. The highest BCUT2D eigenvalue weighted by Crippen LogP contribution is 2.36. The summed E-state index contributed by atoms with van der Waals surface area (Å²) in [5.74, 6) is 0. The molecule has 1 atom stereocenters. The van der Waals surface area contributed by atoms with Gasteiger partial charge in [-0.05, 0) is 43.5 Å².